The van der Waals surface area contributed by atoms with Crippen molar-refractivity contribution in [2.75, 3.05) is 11.9 Å². The van der Waals surface area contributed by atoms with E-state index in [9.17, 15) is 0 Å². The number of alkyl halides is 1. The fourth-order valence-electron chi connectivity index (χ4n) is 1.49. The SMILES string of the molecule is Cc1csc(NCC2CC(Cl)C2)n1. The van der Waals surface area contributed by atoms with Crippen LogP contribution in [0, 0.1) is 12.8 Å². The lowest BCUT2D eigenvalue weighted by Crippen LogP contribution is -2.29. The minimum Gasteiger partial charge on any atom is -0.361 e. The molecule has 0 spiro atoms. The van der Waals surface area contributed by atoms with Crippen LogP contribution in [0.1, 0.15) is 18.5 Å². The van der Waals surface area contributed by atoms with Crippen molar-refractivity contribution in [3.63, 3.8) is 0 Å². The first-order chi connectivity index (χ1) is 6.24. The van der Waals surface area contributed by atoms with Crippen LogP contribution in [-0.4, -0.2) is 16.9 Å². The van der Waals surface area contributed by atoms with Crippen molar-refractivity contribution < 1.29 is 0 Å². The highest BCUT2D eigenvalue weighted by molar-refractivity contribution is 7.13. The summed E-state index contributed by atoms with van der Waals surface area (Å²) in [5.74, 6) is 0.756. The number of aromatic nitrogens is 1. The molecule has 13 heavy (non-hydrogen) atoms. The summed E-state index contributed by atoms with van der Waals surface area (Å²) in [6, 6.07) is 0. The van der Waals surface area contributed by atoms with Gasteiger partial charge in [0.05, 0.1) is 5.69 Å². The van der Waals surface area contributed by atoms with Gasteiger partial charge in [-0.05, 0) is 25.7 Å². The van der Waals surface area contributed by atoms with E-state index in [1.807, 2.05) is 6.92 Å². The number of nitrogens with one attached hydrogen (secondary N) is 1. The topological polar surface area (TPSA) is 24.9 Å². The summed E-state index contributed by atoms with van der Waals surface area (Å²) >= 11 is 7.56. The van der Waals surface area contributed by atoms with Gasteiger partial charge in [-0.3, -0.25) is 0 Å². The zero-order valence-electron chi connectivity index (χ0n) is 7.59. The molecule has 4 heteroatoms. The van der Waals surface area contributed by atoms with E-state index in [0.717, 1.165) is 36.1 Å². The van der Waals surface area contributed by atoms with Gasteiger partial charge in [0.1, 0.15) is 0 Å². The molecule has 0 unspecified atom stereocenters. The Morgan fingerprint density at radius 3 is 3.00 bits per heavy atom. The van der Waals surface area contributed by atoms with Gasteiger partial charge in [-0.15, -0.1) is 22.9 Å². The first-order valence-electron chi connectivity index (χ1n) is 4.54. The lowest BCUT2D eigenvalue weighted by Gasteiger charge is -2.30. The molecule has 0 atom stereocenters. The van der Waals surface area contributed by atoms with Gasteiger partial charge in [0.25, 0.3) is 0 Å². The van der Waals surface area contributed by atoms with E-state index in [0.29, 0.717) is 5.38 Å². The van der Waals surface area contributed by atoms with E-state index >= 15 is 0 Å². The number of hydrogen-bond donors (Lipinski definition) is 1. The quantitative estimate of drug-likeness (QED) is 0.786. The highest BCUT2D eigenvalue weighted by Gasteiger charge is 2.26. The monoisotopic (exact) mass is 216 g/mol. The van der Waals surface area contributed by atoms with E-state index in [2.05, 4.69) is 15.7 Å². The molecule has 1 aromatic heterocycles. The molecule has 2 rings (SSSR count). The van der Waals surface area contributed by atoms with Gasteiger partial charge >= 0.3 is 0 Å². The highest BCUT2D eigenvalue weighted by atomic mass is 35.5. The first-order valence-corrected chi connectivity index (χ1v) is 5.85. The first kappa shape index (κ1) is 9.28. The summed E-state index contributed by atoms with van der Waals surface area (Å²) in [5.41, 5.74) is 1.09. The molecule has 1 fully saturated rings. The number of thiazole rings is 1. The van der Waals surface area contributed by atoms with Crippen LogP contribution in [0.5, 0.6) is 0 Å². The van der Waals surface area contributed by atoms with Gasteiger partial charge in [0.2, 0.25) is 0 Å². The molecule has 0 bridgehead atoms. The molecule has 0 saturated heterocycles. The second-order valence-electron chi connectivity index (χ2n) is 3.61. The van der Waals surface area contributed by atoms with Crippen LogP contribution in [0.15, 0.2) is 5.38 Å². The molecule has 2 nitrogen and oxygen atoms in total. The zero-order chi connectivity index (χ0) is 9.26. The smallest absolute Gasteiger partial charge is 0.182 e. The van der Waals surface area contributed by atoms with Crippen molar-refractivity contribution >= 4 is 28.1 Å². The molecule has 1 aliphatic carbocycles. The van der Waals surface area contributed by atoms with Crippen LogP contribution < -0.4 is 5.32 Å². The van der Waals surface area contributed by atoms with E-state index in [4.69, 9.17) is 11.6 Å². The largest absolute Gasteiger partial charge is 0.361 e. The average Bonchev–Trinajstić information content (AvgIpc) is 2.43. The predicted molar refractivity (Wildman–Crippen MR) is 57.7 cm³/mol. The molecule has 72 valence electrons. The van der Waals surface area contributed by atoms with Crippen LogP contribution in [0.4, 0.5) is 5.13 Å². The lowest BCUT2D eigenvalue weighted by atomic mass is 9.85. The molecular formula is C9H13ClN2S. The Morgan fingerprint density at radius 1 is 1.69 bits per heavy atom. The fraction of sp³-hybridized carbons (Fsp3) is 0.667. The van der Waals surface area contributed by atoms with Crippen LogP contribution in [0.2, 0.25) is 0 Å². The Labute approximate surface area is 87.3 Å². The van der Waals surface area contributed by atoms with E-state index in [1.54, 1.807) is 11.3 Å². The van der Waals surface area contributed by atoms with Crippen molar-refractivity contribution in [2.45, 2.75) is 25.1 Å². The Balaban J connectivity index is 1.74. The second-order valence-corrected chi connectivity index (χ2v) is 5.08. The van der Waals surface area contributed by atoms with Gasteiger partial charge in [-0.2, -0.15) is 0 Å². The van der Waals surface area contributed by atoms with Crippen LogP contribution in [0.3, 0.4) is 0 Å². The number of rotatable bonds is 3. The number of aryl methyl sites for hydroxylation is 1. The molecule has 1 saturated carbocycles. The molecule has 1 N–H and O–H groups in total. The minimum absolute atomic E-state index is 0.421. The maximum absolute atomic E-state index is 5.89. The summed E-state index contributed by atoms with van der Waals surface area (Å²) < 4.78 is 0. The van der Waals surface area contributed by atoms with Crippen molar-refractivity contribution in [2.24, 2.45) is 5.92 Å². The fourth-order valence-corrected chi connectivity index (χ4v) is 2.69. The molecule has 1 heterocycles. The summed E-state index contributed by atoms with van der Waals surface area (Å²) in [6.45, 7) is 3.04. The van der Waals surface area contributed by atoms with Crippen molar-refractivity contribution in [3.05, 3.63) is 11.1 Å². The molecule has 1 aliphatic rings. The van der Waals surface area contributed by atoms with Gasteiger partial charge in [0, 0.05) is 17.3 Å². The summed E-state index contributed by atoms with van der Waals surface area (Å²) in [7, 11) is 0. The Morgan fingerprint density at radius 2 is 2.46 bits per heavy atom. The molecule has 0 radical (unpaired) electrons. The molecule has 0 aliphatic heterocycles. The summed E-state index contributed by atoms with van der Waals surface area (Å²) in [5, 5.41) is 6.86. The van der Waals surface area contributed by atoms with Crippen LogP contribution in [0.25, 0.3) is 0 Å². The third-order valence-corrected chi connectivity index (χ3v) is 3.61. The number of anilines is 1. The third-order valence-electron chi connectivity index (χ3n) is 2.34. The zero-order valence-corrected chi connectivity index (χ0v) is 9.16. The molecule has 0 aromatic carbocycles. The van der Waals surface area contributed by atoms with Gasteiger partial charge in [-0.25, -0.2) is 4.98 Å². The molecular weight excluding hydrogens is 204 g/mol. The third kappa shape index (κ3) is 2.35. The van der Waals surface area contributed by atoms with Crippen molar-refractivity contribution in [1.82, 2.24) is 4.98 Å². The molecule has 1 aromatic rings. The Bertz CT molecular complexity index is 281. The Hall–Kier alpha value is -0.280. The van der Waals surface area contributed by atoms with Crippen molar-refractivity contribution in [3.8, 4) is 0 Å². The number of nitrogens with zero attached hydrogens (tertiary/aromatic N) is 1. The normalized spacial score (nSPS) is 26.9. The second kappa shape index (κ2) is 3.84. The van der Waals surface area contributed by atoms with Crippen LogP contribution in [-0.2, 0) is 0 Å². The van der Waals surface area contributed by atoms with Crippen molar-refractivity contribution in [1.29, 1.82) is 0 Å². The van der Waals surface area contributed by atoms with Crippen LogP contribution >= 0.6 is 22.9 Å². The van der Waals surface area contributed by atoms with E-state index in [-0.39, 0.29) is 0 Å². The summed E-state index contributed by atoms with van der Waals surface area (Å²) in [4.78, 5) is 4.33. The summed E-state index contributed by atoms with van der Waals surface area (Å²) in [6.07, 6.45) is 2.30. The van der Waals surface area contributed by atoms with E-state index in [1.165, 1.54) is 0 Å². The average molecular weight is 217 g/mol. The number of hydrogen-bond acceptors (Lipinski definition) is 3. The highest BCUT2D eigenvalue weighted by Crippen LogP contribution is 2.32. The lowest BCUT2D eigenvalue weighted by molar-refractivity contribution is 0.341. The maximum Gasteiger partial charge on any atom is 0.182 e. The van der Waals surface area contributed by atoms with E-state index < -0.39 is 0 Å². The molecule has 0 amide bonds. The standard InChI is InChI=1S/C9H13ClN2S/c1-6-5-13-9(12-6)11-4-7-2-8(10)3-7/h5,7-8H,2-4H2,1H3,(H,11,12). The van der Waals surface area contributed by atoms with Gasteiger partial charge in [-0.1, -0.05) is 0 Å². The van der Waals surface area contributed by atoms with Gasteiger partial charge < -0.3 is 5.32 Å². The van der Waals surface area contributed by atoms with Gasteiger partial charge in [0.15, 0.2) is 5.13 Å². The minimum atomic E-state index is 0.421. The maximum atomic E-state index is 5.89. The number of halogens is 1. The Kier molecular flexibility index (Phi) is 2.74. The predicted octanol–water partition coefficient (Wildman–Crippen LogP) is 2.88.